The van der Waals surface area contributed by atoms with Crippen molar-refractivity contribution in [1.82, 2.24) is 0 Å². The van der Waals surface area contributed by atoms with Gasteiger partial charge in [-0.15, -0.1) is 9.24 Å². The van der Waals surface area contributed by atoms with Crippen LogP contribution in [0.25, 0.3) is 0 Å². The van der Waals surface area contributed by atoms with E-state index in [0.717, 1.165) is 20.7 Å². The fourth-order valence-corrected chi connectivity index (χ4v) is 2.72. The Bertz CT molecular complexity index is 310. The van der Waals surface area contributed by atoms with Crippen LogP contribution in [0.1, 0.15) is 16.8 Å². The van der Waals surface area contributed by atoms with Gasteiger partial charge in [-0.1, -0.05) is 37.9 Å². The van der Waals surface area contributed by atoms with Gasteiger partial charge in [0.1, 0.15) is 0 Å². The third-order valence-electron chi connectivity index (χ3n) is 1.61. The van der Waals surface area contributed by atoms with Crippen LogP contribution in [0.4, 0.5) is 0 Å². The van der Waals surface area contributed by atoms with Crippen molar-refractivity contribution in [2.24, 2.45) is 0 Å². The summed E-state index contributed by atoms with van der Waals surface area (Å²) in [5, 5.41) is 0. The molecule has 0 aliphatic rings. The number of ketones is 1. The molecule has 71 valence electrons. The molecule has 1 rings (SSSR count). The Hall–Kier alpha value is 0.877. The van der Waals surface area contributed by atoms with Crippen LogP contribution < -0.4 is 0 Å². The molecule has 0 saturated heterocycles. The van der Waals surface area contributed by atoms with Gasteiger partial charge in [0.25, 0.3) is 0 Å². The van der Waals surface area contributed by atoms with E-state index in [2.05, 4.69) is 41.1 Å². The van der Waals surface area contributed by atoms with Gasteiger partial charge in [-0.2, -0.15) is 0 Å². The Morgan fingerprint density at radius 2 is 1.79 bits per heavy atom. The van der Waals surface area contributed by atoms with Crippen LogP contribution in [0.2, 0.25) is 0 Å². The fourth-order valence-electron chi connectivity index (χ4n) is 1.02. The standard InChI is InChI=1S/C9H9Br2OP.Li/c10-6-2-1-3-7(11)9(6)8(12)4-5-13;/h1-3H,4-5,13H2;. The van der Waals surface area contributed by atoms with Gasteiger partial charge in [0, 0.05) is 39.8 Å². The Morgan fingerprint density at radius 3 is 2.21 bits per heavy atom. The first-order valence-electron chi connectivity index (χ1n) is 3.84. The predicted molar refractivity (Wildman–Crippen MR) is 71.1 cm³/mol. The molecule has 1 unspecified atom stereocenters. The normalized spacial score (nSPS) is 9.36. The molecule has 0 amide bonds. The number of carbonyl (C=O) groups excluding carboxylic acids is 1. The van der Waals surface area contributed by atoms with E-state index in [1.165, 1.54) is 0 Å². The molecule has 0 aliphatic heterocycles. The van der Waals surface area contributed by atoms with E-state index in [-0.39, 0.29) is 24.6 Å². The zero-order chi connectivity index (χ0) is 9.84. The molecule has 0 saturated carbocycles. The molecule has 14 heavy (non-hydrogen) atoms. The van der Waals surface area contributed by atoms with E-state index < -0.39 is 0 Å². The SMILES string of the molecule is O=C(CCP)c1c(Br)cccc1Br.[Li]. The molecule has 5 heteroatoms. The Balaban J connectivity index is 0.00000169. The average molecular weight is 331 g/mol. The fraction of sp³-hybridized carbons (Fsp3) is 0.222. The van der Waals surface area contributed by atoms with Gasteiger partial charge in [0.05, 0.1) is 0 Å². The minimum Gasteiger partial charge on any atom is -0.294 e. The number of hydrogen-bond donors (Lipinski definition) is 0. The second-order valence-electron chi connectivity index (χ2n) is 2.56. The quantitative estimate of drug-likeness (QED) is 0.472. The zero-order valence-electron chi connectivity index (χ0n) is 7.89. The molecule has 1 aromatic rings. The molecule has 0 bridgehead atoms. The van der Waals surface area contributed by atoms with Crippen molar-refractivity contribution in [2.45, 2.75) is 6.42 Å². The van der Waals surface area contributed by atoms with Gasteiger partial charge in [-0.25, -0.2) is 0 Å². The van der Waals surface area contributed by atoms with Crippen molar-refractivity contribution in [3.05, 3.63) is 32.7 Å². The molecule has 1 atom stereocenters. The Morgan fingerprint density at radius 1 is 1.29 bits per heavy atom. The van der Waals surface area contributed by atoms with E-state index in [1.807, 2.05) is 18.2 Å². The average Bonchev–Trinajstić information content (AvgIpc) is 2.04. The smallest absolute Gasteiger partial charge is 0.165 e. The maximum Gasteiger partial charge on any atom is 0.165 e. The first kappa shape index (κ1) is 14.9. The van der Waals surface area contributed by atoms with Crippen molar-refractivity contribution < 1.29 is 4.79 Å². The Kier molecular flexibility index (Phi) is 7.65. The van der Waals surface area contributed by atoms with Gasteiger partial charge in [0.2, 0.25) is 0 Å². The summed E-state index contributed by atoms with van der Waals surface area (Å²) in [7, 11) is 2.55. The molecule has 0 N–H and O–H groups in total. The molecule has 0 spiro atoms. The van der Waals surface area contributed by atoms with Gasteiger partial charge in [-0.05, 0) is 18.3 Å². The van der Waals surface area contributed by atoms with E-state index in [1.54, 1.807) is 0 Å². The summed E-state index contributed by atoms with van der Waals surface area (Å²) in [6, 6.07) is 5.65. The number of Topliss-reactive ketones (excluding diaryl/α,β-unsaturated/α-hetero) is 1. The number of halogens is 2. The number of benzene rings is 1. The van der Waals surface area contributed by atoms with Gasteiger partial charge in [0.15, 0.2) is 5.78 Å². The monoisotopic (exact) mass is 329 g/mol. The summed E-state index contributed by atoms with van der Waals surface area (Å²) in [4.78, 5) is 11.6. The second kappa shape index (κ2) is 7.20. The molecular weight excluding hydrogens is 322 g/mol. The molecular formula is C9H9Br2LiOP. The zero-order valence-corrected chi connectivity index (χ0v) is 12.2. The molecule has 0 fully saturated rings. The largest absolute Gasteiger partial charge is 0.294 e. The maximum atomic E-state index is 11.6. The van der Waals surface area contributed by atoms with E-state index in [9.17, 15) is 4.79 Å². The minimum absolute atomic E-state index is 0. The summed E-state index contributed by atoms with van der Waals surface area (Å²) in [5.41, 5.74) is 0.741. The summed E-state index contributed by atoms with van der Waals surface area (Å²) in [6.45, 7) is 0. The first-order valence-corrected chi connectivity index (χ1v) is 6.24. The first-order chi connectivity index (χ1) is 6.16. The van der Waals surface area contributed by atoms with Crippen molar-refractivity contribution in [2.75, 3.05) is 6.16 Å². The summed E-state index contributed by atoms with van der Waals surface area (Å²) in [6.07, 6.45) is 1.36. The summed E-state index contributed by atoms with van der Waals surface area (Å²) in [5.74, 6) is 0.161. The second-order valence-corrected chi connectivity index (χ2v) is 4.84. The molecule has 0 heterocycles. The summed E-state index contributed by atoms with van der Waals surface area (Å²) >= 11 is 6.72. The van der Waals surface area contributed by atoms with E-state index in [0.29, 0.717) is 6.42 Å². The molecule has 1 radical (unpaired) electrons. The third kappa shape index (κ3) is 3.80. The van der Waals surface area contributed by atoms with Crippen LogP contribution in [0.15, 0.2) is 27.1 Å². The molecule has 1 aromatic carbocycles. The van der Waals surface area contributed by atoms with Gasteiger partial charge < -0.3 is 0 Å². The summed E-state index contributed by atoms with van der Waals surface area (Å²) < 4.78 is 1.70. The number of rotatable bonds is 3. The van der Waals surface area contributed by atoms with Crippen LogP contribution >= 0.6 is 41.1 Å². The molecule has 1 nitrogen and oxygen atoms in total. The van der Waals surface area contributed by atoms with Gasteiger partial charge in [-0.3, -0.25) is 4.79 Å². The minimum atomic E-state index is 0. The van der Waals surface area contributed by atoms with Crippen LogP contribution in [0, 0.1) is 0 Å². The van der Waals surface area contributed by atoms with Crippen molar-refractivity contribution >= 4 is 65.7 Å². The molecule has 0 aromatic heterocycles. The van der Waals surface area contributed by atoms with Crippen molar-refractivity contribution in [3.63, 3.8) is 0 Å². The van der Waals surface area contributed by atoms with E-state index >= 15 is 0 Å². The maximum absolute atomic E-state index is 11.6. The van der Waals surface area contributed by atoms with Crippen LogP contribution in [-0.4, -0.2) is 30.8 Å². The van der Waals surface area contributed by atoms with Crippen LogP contribution in [0.3, 0.4) is 0 Å². The van der Waals surface area contributed by atoms with E-state index in [4.69, 9.17) is 0 Å². The number of carbonyl (C=O) groups is 1. The number of hydrogen-bond acceptors (Lipinski definition) is 1. The third-order valence-corrected chi connectivity index (χ3v) is 3.22. The van der Waals surface area contributed by atoms with Crippen molar-refractivity contribution in [1.29, 1.82) is 0 Å². The Labute approximate surface area is 115 Å². The predicted octanol–water partition coefficient (Wildman–Crippen LogP) is 3.28. The van der Waals surface area contributed by atoms with Gasteiger partial charge >= 0.3 is 0 Å². The topological polar surface area (TPSA) is 17.1 Å². The van der Waals surface area contributed by atoms with Crippen LogP contribution in [-0.2, 0) is 0 Å². The molecule has 0 aliphatic carbocycles. The van der Waals surface area contributed by atoms with Crippen molar-refractivity contribution in [3.8, 4) is 0 Å². The van der Waals surface area contributed by atoms with Crippen LogP contribution in [0.5, 0.6) is 0 Å².